The van der Waals surface area contributed by atoms with Crippen LogP contribution in [0, 0.1) is 16.0 Å². The van der Waals surface area contributed by atoms with Crippen LogP contribution in [-0.4, -0.2) is 21.8 Å². The summed E-state index contributed by atoms with van der Waals surface area (Å²) in [7, 11) is 0. The van der Waals surface area contributed by atoms with Gasteiger partial charge in [0, 0.05) is 30.8 Å². The first-order valence-corrected chi connectivity index (χ1v) is 8.81. The van der Waals surface area contributed by atoms with Crippen molar-refractivity contribution in [1.82, 2.24) is 4.90 Å². The predicted octanol–water partition coefficient (Wildman–Crippen LogP) is 4.44. The first kappa shape index (κ1) is 17.9. The zero-order valence-corrected chi connectivity index (χ0v) is 14.7. The molecule has 2 aromatic rings. The minimum atomic E-state index is -0.433. The number of nitrogens with zero attached hydrogens (tertiary/aromatic N) is 2. The molecule has 2 aromatic carbocycles. The van der Waals surface area contributed by atoms with Crippen molar-refractivity contribution < 1.29 is 9.72 Å². The number of hydrogen-bond acceptors (Lipinski definition) is 3. The fraction of sp³-hybridized carbons (Fsp3) is 0.286. The van der Waals surface area contributed by atoms with Crippen LogP contribution < -0.4 is 0 Å². The van der Waals surface area contributed by atoms with Crippen LogP contribution in [0.25, 0.3) is 6.08 Å². The molecule has 0 bridgehead atoms. The summed E-state index contributed by atoms with van der Waals surface area (Å²) in [5.74, 6) is 0.544. The van der Waals surface area contributed by atoms with Gasteiger partial charge in [-0.3, -0.25) is 14.9 Å². The standard InChI is InChI=1S/C21H22N2O3/c1-16(19-10-11-19)22(15-18-5-3-2-4-6-18)21(24)14-9-17-7-12-20(13-8-17)23(25)26/h2-9,12-14,16,19H,10-11,15H2,1H3/b14-9+. The minimum absolute atomic E-state index is 0.0356. The lowest BCUT2D eigenvalue weighted by molar-refractivity contribution is -0.384. The molecule has 1 unspecified atom stereocenters. The summed E-state index contributed by atoms with van der Waals surface area (Å²) in [6.45, 7) is 2.69. The van der Waals surface area contributed by atoms with Gasteiger partial charge in [0.05, 0.1) is 4.92 Å². The zero-order valence-electron chi connectivity index (χ0n) is 14.7. The van der Waals surface area contributed by atoms with Crippen LogP contribution in [0.5, 0.6) is 0 Å². The quantitative estimate of drug-likeness (QED) is 0.421. The molecule has 5 heteroatoms. The topological polar surface area (TPSA) is 63.5 Å². The maximum absolute atomic E-state index is 12.8. The third kappa shape index (κ3) is 4.57. The van der Waals surface area contributed by atoms with Gasteiger partial charge in [0.25, 0.3) is 5.69 Å². The monoisotopic (exact) mass is 350 g/mol. The highest BCUT2D eigenvalue weighted by Crippen LogP contribution is 2.35. The lowest BCUT2D eigenvalue weighted by Gasteiger charge is -2.28. The van der Waals surface area contributed by atoms with Crippen LogP contribution in [0.3, 0.4) is 0 Å². The number of nitro groups is 1. The lowest BCUT2D eigenvalue weighted by Crippen LogP contribution is -2.38. The molecule has 1 saturated carbocycles. The maximum Gasteiger partial charge on any atom is 0.269 e. The van der Waals surface area contributed by atoms with E-state index in [9.17, 15) is 14.9 Å². The van der Waals surface area contributed by atoms with Crippen molar-refractivity contribution in [2.24, 2.45) is 5.92 Å². The molecule has 1 atom stereocenters. The average molecular weight is 350 g/mol. The van der Waals surface area contributed by atoms with E-state index in [0.717, 1.165) is 11.1 Å². The van der Waals surface area contributed by atoms with Gasteiger partial charge in [0.15, 0.2) is 0 Å². The fourth-order valence-corrected chi connectivity index (χ4v) is 3.01. The number of hydrogen-bond donors (Lipinski definition) is 0. The smallest absolute Gasteiger partial charge is 0.269 e. The van der Waals surface area contributed by atoms with Crippen molar-refractivity contribution in [2.75, 3.05) is 0 Å². The second-order valence-corrected chi connectivity index (χ2v) is 6.71. The number of rotatable bonds is 7. The van der Waals surface area contributed by atoms with E-state index < -0.39 is 4.92 Å². The summed E-state index contributed by atoms with van der Waals surface area (Å²) in [6.07, 6.45) is 5.62. The van der Waals surface area contributed by atoms with Crippen molar-refractivity contribution in [2.45, 2.75) is 32.4 Å². The summed E-state index contributed by atoms with van der Waals surface area (Å²) in [4.78, 5) is 25.0. The molecule has 1 amide bonds. The predicted molar refractivity (Wildman–Crippen MR) is 101 cm³/mol. The van der Waals surface area contributed by atoms with E-state index in [0.29, 0.717) is 12.5 Å². The van der Waals surface area contributed by atoms with Gasteiger partial charge in [0.1, 0.15) is 0 Å². The van der Waals surface area contributed by atoms with Crippen molar-refractivity contribution in [3.63, 3.8) is 0 Å². The van der Waals surface area contributed by atoms with E-state index in [4.69, 9.17) is 0 Å². The molecule has 1 aliphatic carbocycles. The molecule has 134 valence electrons. The van der Waals surface area contributed by atoms with Crippen LogP contribution in [0.4, 0.5) is 5.69 Å². The molecular formula is C21H22N2O3. The Balaban J connectivity index is 1.72. The summed E-state index contributed by atoms with van der Waals surface area (Å²) < 4.78 is 0. The number of benzene rings is 2. The molecule has 5 nitrogen and oxygen atoms in total. The highest BCUT2D eigenvalue weighted by atomic mass is 16.6. The van der Waals surface area contributed by atoms with E-state index in [1.165, 1.54) is 25.0 Å². The van der Waals surface area contributed by atoms with E-state index >= 15 is 0 Å². The molecule has 0 aromatic heterocycles. The SMILES string of the molecule is CC(C1CC1)N(Cc1ccccc1)C(=O)/C=C/c1ccc([N+](=O)[O-])cc1. The summed E-state index contributed by atoms with van der Waals surface area (Å²) in [5, 5.41) is 10.7. The molecule has 26 heavy (non-hydrogen) atoms. The Kier molecular flexibility index (Phi) is 5.46. The van der Waals surface area contributed by atoms with Gasteiger partial charge in [-0.1, -0.05) is 30.3 Å². The number of carbonyl (C=O) groups excluding carboxylic acids is 1. The second-order valence-electron chi connectivity index (χ2n) is 6.71. The summed E-state index contributed by atoms with van der Waals surface area (Å²) in [6, 6.07) is 16.4. The molecule has 0 saturated heterocycles. The van der Waals surface area contributed by atoms with Gasteiger partial charge in [-0.05, 0) is 55.0 Å². The number of carbonyl (C=O) groups is 1. The Morgan fingerprint density at radius 1 is 1.19 bits per heavy atom. The first-order valence-electron chi connectivity index (χ1n) is 8.81. The fourth-order valence-electron chi connectivity index (χ4n) is 3.01. The molecular weight excluding hydrogens is 328 g/mol. The van der Waals surface area contributed by atoms with Crippen molar-refractivity contribution >= 4 is 17.7 Å². The van der Waals surface area contributed by atoms with E-state index in [1.807, 2.05) is 35.2 Å². The van der Waals surface area contributed by atoms with Crippen LogP contribution >= 0.6 is 0 Å². The normalized spacial score (nSPS) is 15.0. The summed E-state index contributed by atoms with van der Waals surface area (Å²) >= 11 is 0. The van der Waals surface area contributed by atoms with E-state index in [1.54, 1.807) is 24.3 Å². The Labute approximate surface area is 153 Å². The number of amides is 1. The lowest BCUT2D eigenvalue weighted by atomic mass is 10.1. The molecule has 0 spiro atoms. The largest absolute Gasteiger partial charge is 0.332 e. The van der Waals surface area contributed by atoms with Crippen LogP contribution in [0.1, 0.15) is 30.9 Å². The Hall–Kier alpha value is -2.95. The third-order valence-electron chi connectivity index (χ3n) is 4.80. The van der Waals surface area contributed by atoms with Gasteiger partial charge in [-0.15, -0.1) is 0 Å². The Morgan fingerprint density at radius 3 is 2.42 bits per heavy atom. The molecule has 0 aliphatic heterocycles. The average Bonchev–Trinajstić information content (AvgIpc) is 3.50. The molecule has 0 N–H and O–H groups in total. The third-order valence-corrected chi connectivity index (χ3v) is 4.80. The van der Waals surface area contributed by atoms with Crippen molar-refractivity contribution in [1.29, 1.82) is 0 Å². The van der Waals surface area contributed by atoms with Gasteiger partial charge in [0.2, 0.25) is 5.91 Å². The molecule has 1 aliphatic rings. The van der Waals surface area contributed by atoms with Gasteiger partial charge < -0.3 is 4.90 Å². The van der Waals surface area contributed by atoms with Gasteiger partial charge in [-0.2, -0.15) is 0 Å². The van der Waals surface area contributed by atoms with Crippen LogP contribution in [0.2, 0.25) is 0 Å². The Bertz CT molecular complexity index is 796. The number of nitro benzene ring substituents is 1. The van der Waals surface area contributed by atoms with E-state index in [2.05, 4.69) is 6.92 Å². The highest BCUT2D eigenvalue weighted by Gasteiger charge is 2.33. The van der Waals surface area contributed by atoms with Crippen LogP contribution in [-0.2, 0) is 11.3 Å². The molecule has 0 heterocycles. The molecule has 0 radical (unpaired) electrons. The minimum Gasteiger partial charge on any atom is -0.332 e. The maximum atomic E-state index is 12.8. The number of non-ortho nitro benzene ring substituents is 1. The molecule has 1 fully saturated rings. The second kappa shape index (κ2) is 7.95. The van der Waals surface area contributed by atoms with Crippen molar-refractivity contribution in [3.8, 4) is 0 Å². The summed E-state index contributed by atoms with van der Waals surface area (Å²) in [5.41, 5.74) is 1.92. The first-order chi connectivity index (χ1) is 12.5. The molecule has 3 rings (SSSR count). The van der Waals surface area contributed by atoms with Crippen molar-refractivity contribution in [3.05, 3.63) is 81.9 Å². The van der Waals surface area contributed by atoms with Gasteiger partial charge >= 0.3 is 0 Å². The zero-order chi connectivity index (χ0) is 18.5. The Morgan fingerprint density at radius 2 is 1.85 bits per heavy atom. The van der Waals surface area contributed by atoms with Gasteiger partial charge in [-0.25, -0.2) is 0 Å². The highest BCUT2D eigenvalue weighted by molar-refractivity contribution is 5.92. The van der Waals surface area contributed by atoms with E-state index in [-0.39, 0.29) is 17.6 Å². The van der Waals surface area contributed by atoms with Crippen LogP contribution in [0.15, 0.2) is 60.7 Å².